The van der Waals surface area contributed by atoms with Gasteiger partial charge in [-0.15, -0.1) is 0 Å². The predicted octanol–water partition coefficient (Wildman–Crippen LogP) is 2.04. The molecule has 2 aromatic heterocycles. The molecular formula is C10H12N2O2. The van der Waals surface area contributed by atoms with Gasteiger partial charge < -0.3 is 15.1 Å². The lowest BCUT2D eigenvalue weighted by Crippen LogP contribution is -1.97. The Bertz CT molecular complexity index is 359. The number of aromatic carboxylic acids is 1. The lowest BCUT2D eigenvalue weighted by molar-refractivity contribution is 0.0690. The first-order chi connectivity index (χ1) is 6.72. The fraction of sp³-hybridized carbons (Fsp3) is 0.100. The van der Waals surface area contributed by atoms with Crippen molar-refractivity contribution in [2.24, 2.45) is 0 Å². The van der Waals surface area contributed by atoms with Crippen LogP contribution in [0.3, 0.4) is 0 Å². The van der Waals surface area contributed by atoms with E-state index in [2.05, 4.69) is 9.97 Å². The van der Waals surface area contributed by atoms with Gasteiger partial charge in [-0.25, -0.2) is 4.79 Å². The van der Waals surface area contributed by atoms with E-state index in [1.807, 2.05) is 24.5 Å². The quantitative estimate of drug-likeness (QED) is 0.647. The molecule has 4 heteroatoms. The van der Waals surface area contributed by atoms with Crippen LogP contribution in [0.25, 0.3) is 0 Å². The van der Waals surface area contributed by atoms with Gasteiger partial charge in [-0.05, 0) is 30.7 Å². The third kappa shape index (κ3) is 2.82. The van der Waals surface area contributed by atoms with E-state index in [0.717, 1.165) is 5.56 Å². The molecule has 2 heterocycles. The number of H-pyrrole nitrogens is 2. The van der Waals surface area contributed by atoms with Crippen LogP contribution >= 0.6 is 0 Å². The molecule has 2 rings (SSSR count). The van der Waals surface area contributed by atoms with Gasteiger partial charge in [-0.2, -0.15) is 0 Å². The zero-order valence-corrected chi connectivity index (χ0v) is 7.82. The zero-order valence-electron chi connectivity index (χ0n) is 7.82. The van der Waals surface area contributed by atoms with Crippen molar-refractivity contribution in [3.63, 3.8) is 0 Å². The lowest BCUT2D eigenvalue weighted by atomic mass is 10.3. The Kier molecular flexibility index (Phi) is 3.55. The van der Waals surface area contributed by atoms with Crippen molar-refractivity contribution in [3.8, 4) is 0 Å². The first-order valence-corrected chi connectivity index (χ1v) is 4.17. The van der Waals surface area contributed by atoms with Crippen molar-refractivity contribution < 1.29 is 9.90 Å². The summed E-state index contributed by atoms with van der Waals surface area (Å²) in [7, 11) is 0. The van der Waals surface area contributed by atoms with Crippen LogP contribution in [0.15, 0.2) is 36.8 Å². The molecule has 2 aromatic rings. The van der Waals surface area contributed by atoms with Gasteiger partial charge >= 0.3 is 5.97 Å². The molecule has 0 aromatic carbocycles. The molecule has 3 N–H and O–H groups in total. The lowest BCUT2D eigenvalue weighted by Gasteiger charge is -1.87. The van der Waals surface area contributed by atoms with Crippen molar-refractivity contribution in [2.45, 2.75) is 6.92 Å². The van der Waals surface area contributed by atoms with E-state index in [0.29, 0.717) is 0 Å². The largest absolute Gasteiger partial charge is 0.477 e. The van der Waals surface area contributed by atoms with Crippen molar-refractivity contribution in [1.82, 2.24) is 9.97 Å². The molecule has 0 radical (unpaired) electrons. The molecule has 0 spiro atoms. The highest BCUT2D eigenvalue weighted by atomic mass is 16.4. The highest BCUT2D eigenvalue weighted by molar-refractivity contribution is 5.87. The third-order valence-corrected chi connectivity index (χ3v) is 1.67. The van der Waals surface area contributed by atoms with E-state index in [1.54, 1.807) is 19.2 Å². The highest BCUT2D eigenvalue weighted by Gasteiger charge is 2.05. The Morgan fingerprint density at radius 2 is 1.93 bits per heavy atom. The third-order valence-electron chi connectivity index (χ3n) is 1.67. The molecule has 0 fully saturated rings. The van der Waals surface area contributed by atoms with Crippen LogP contribution in [0, 0.1) is 6.92 Å². The van der Waals surface area contributed by atoms with Crippen LogP contribution in [0.2, 0.25) is 0 Å². The summed E-state index contributed by atoms with van der Waals surface area (Å²) in [6.07, 6.45) is 5.36. The van der Waals surface area contributed by atoms with Gasteiger partial charge in [0.05, 0.1) is 0 Å². The van der Waals surface area contributed by atoms with Crippen LogP contribution in [-0.4, -0.2) is 21.0 Å². The maximum absolute atomic E-state index is 10.3. The normalized spacial score (nSPS) is 8.93. The van der Waals surface area contributed by atoms with Gasteiger partial charge in [-0.1, -0.05) is 0 Å². The Morgan fingerprint density at radius 3 is 2.14 bits per heavy atom. The summed E-state index contributed by atoms with van der Waals surface area (Å²) < 4.78 is 0. The molecule has 0 aliphatic rings. The first kappa shape index (κ1) is 10.1. The van der Waals surface area contributed by atoms with Gasteiger partial charge in [0.1, 0.15) is 5.69 Å². The summed E-state index contributed by atoms with van der Waals surface area (Å²) >= 11 is 0. The van der Waals surface area contributed by atoms with E-state index in [1.165, 1.54) is 0 Å². The van der Waals surface area contributed by atoms with E-state index < -0.39 is 5.97 Å². The molecule has 0 bridgehead atoms. The van der Waals surface area contributed by atoms with E-state index in [-0.39, 0.29) is 5.69 Å². The summed E-state index contributed by atoms with van der Waals surface area (Å²) in [5.74, 6) is -0.905. The molecule has 0 amide bonds. The first-order valence-electron chi connectivity index (χ1n) is 4.17. The van der Waals surface area contributed by atoms with Gasteiger partial charge in [0, 0.05) is 18.6 Å². The molecule has 4 nitrogen and oxygen atoms in total. The molecule has 0 aliphatic carbocycles. The maximum atomic E-state index is 10.3. The Hall–Kier alpha value is -1.97. The minimum absolute atomic E-state index is 0.273. The number of carbonyl (C=O) groups is 1. The van der Waals surface area contributed by atoms with Crippen LogP contribution in [0.4, 0.5) is 0 Å². The summed E-state index contributed by atoms with van der Waals surface area (Å²) in [4.78, 5) is 15.7. The van der Waals surface area contributed by atoms with E-state index in [9.17, 15) is 4.79 Å². The second kappa shape index (κ2) is 4.91. The molecule has 14 heavy (non-hydrogen) atoms. The topological polar surface area (TPSA) is 68.9 Å². The maximum Gasteiger partial charge on any atom is 0.352 e. The van der Waals surface area contributed by atoms with Crippen molar-refractivity contribution >= 4 is 5.97 Å². The van der Waals surface area contributed by atoms with E-state index >= 15 is 0 Å². The van der Waals surface area contributed by atoms with Crippen molar-refractivity contribution in [2.75, 3.05) is 0 Å². The van der Waals surface area contributed by atoms with Crippen LogP contribution < -0.4 is 0 Å². The summed E-state index contributed by atoms with van der Waals surface area (Å²) in [6.45, 7) is 1.75. The van der Waals surface area contributed by atoms with Crippen LogP contribution in [-0.2, 0) is 0 Å². The number of aryl methyl sites for hydroxylation is 1. The minimum Gasteiger partial charge on any atom is -0.477 e. The fourth-order valence-corrected chi connectivity index (χ4v) is 0.955. The molecule has 0 atom stereocenters. The van der Waals surface area contributed by atoms with Gasteiger partial charge in [0.15, 0.2) is 0 Å². The average molecular weight is 192 g/mol. The minimum atomic E-state index is -0.905. The Labute approximate surface area is 81.6 Å². The second-order valence-corrected chi connectivity index (χ2v) is 2.73. The van der Waals surface area contributed by atoms with Crippen LogP contribution in [0.1, 0.15) is 16.1 Å². The number of nitrogens with one attached hydrogen (secondary N) is 2. The number of carboxylic acids is 1. The zero-order chi connectivity index (χ0) is 10.4. The molecule has 0 aliphatic heterocycles. The van der Waals surface area contributed by atoms with Gasteiger partial charge in [-0.3, -0.25) is 0 Å². The Morgan fingerprint density at radius 1 is 1.29 bits per heavy atom. The monoisotopic (exact) mass is 192 g/mol. The number of rotatable bonds is 1. The summed E-state index contributed by atoms with van der Waals surface area (Å²) in [5, 5.41) is 8.42. The molecule has 0 saturated heterocycles. The number of hydrogen-bond acceptors (Lipinski definition) is 1. The number of aromatic amines is 2. The highest BCUT2D eigenvalue weighted by Crippen LogP contribution is 2.02. The number of carboxylic acid groups (broad SMARTS) is 1. The van der Waals surface area contributed by atoms with Crippen molar-refractivity contribution in [3.05, 3.63) is 48.0 Å². The summed E-state index contributed by atoms with van der Waals surface area (Å²) in [6, 6.07) is 5.61. The van der Waals surface area contributed by atoms with Crippen molar-refractivity contribution in [1.29, 1.82) is 0 Å². The standard InChI is InChI=1S/C6H7NO2.C4H5N/c1-4-2-3-7-5(4)6(8)9;1-2-4-5-3-1/h2-3,7H,1H3,(H,8,9);1-5H. The molecular weight excluding hydrogens is 180 g/mol. The van der Waals surface area contributed by atoms with E-state index in [4.69, 9.17) is 5.11 Å². The second-order valence-electron chi connectivity index (χ2n) is 2.73. The van der Waals surface area contributed by atoms with Gasteiger partial charge in [0.2, 0.25) is 0 Å². The molecule has 0 unspecified atom stereocenters. The SMILES string of the molecule is Cc1cc[nH]c1C(=O)O.c1cc[nH]c1. The predicted molar refractivity (Wildman–Crippen MR) is 53.3 cm³/mol. The Balaban J connectivity index is 0.000000165. The number of hydrogen-bond donors (Lipinski definition) is 3. The van der Waals surface area contributed by atoms with Gasteiger partial charge in [0.25, 0.3) is 0 Å². The molecule has 74 valence electrons. The smallest absolute Gasteiger partial charge is 0.352 e. The fourth-order valence-electron chi connectivity index (χ4n) is 0.955. The molecule has 0 saturated carbocycles. The average Bonchev–Trinajstić information content (AvgIpc) is 2.74. The van der Waals surface area contributed by atoms with Crippen LogP contribution in [0.5, 0.6) is 0 Å². The summed E-state index contributed by atoms with van der Waals surface area (Å²) in [5.41, 5.74) is 1.04. The number of aromatic nitrogens is 2.